The molecule has 1 heterocycles. The molecule has 2 atom stereocenters. The number of carbonyl (C=O) groups excluding carboxylic acids is 1. The Morgan fingerprint density at radius 3 is 2.42 bits per heavy atom. The summed E-state index contributed by atoms with van der Waals surface area (Å²) in [5.74, 6) is 1.26. The fourth-order valence-electron chi connectivity index (χ4n) is 5.20. The third-order valence-corrected chi connectivity index (χ3v) is 6.75. The number of hydrogen-bond acceptors (Lipinski definition) is 4. The molecule has 3 aliphatic rings. The number of amides is 1. The van der Waals surface area contributed by atoms with Gasteiger partial charge in [0.05, 0.1) is 17.5 Å². The third kappa shape index (κ3) is 3.60. The van der Waals surface area contributed by atoms with Crippen LogP contribution in [-0.2, 0) is 4.79 Å². The van der Waals surface area contributed by atoms with Gasteiger partial charge in [-0.3, -0.25) is 4.79 Å². The van der Waals surface area contributed by atoms with E-state index < -0.39 is 0 Å². The van der Waals surface area contributed by atoms with Crippen molar-refractivity contribution in [3.63, 3.8) is 0 Å². The van der Waals surface area contributed by atoms with Gasteiger partial charge >= 0.3 is 0 Å². The number of para-hydroxylation sites is 2. The van der Waals surface area contributed by atoms with Gasteiger partial charge in [0.25, 0.3) is 0 Å². The minimum absolute atomic E-state index is 0.0846. The molecular weight excluding hydrogens is 326 g/mol. The number of aliphatic hydroxyl groups is 1. The Labute approximate surface area is 155 Å². The first-order valence-corrected chi connectivity index (χ1v) is 10.2. The van der Waals surface area contributed by atoms with E-state index in [1.165, 1.54) is 19.3 Å². The van der Waals surface area contributed by atoms with Crippen LogP contribution in [-0.4, -0.2) is 36.2 Å². The number of nitrogens with zero attached hydrogens (tertiary/aromatic N) is 1. The van der Waals surface area contributed by atoms with Crippen LogP contribution >= 0.6 is 0 Å². The number of fused-ring (bicyclic) bond motifs is 2. The van der Waals surface area contributed by atoms with Crippen LogP contribution in [0.4, 0.5) is 11.4 Å². The molecule has 4 N–H and O–H groups in total. The molecule has 5 heteroatoms. The van der Waals surface area contributed by atoms with E-state index in [2.05, 4.69) is 16.3 Å². The maximum absolute atomic E-state index is 13.0. The summed E-state index contributed by atoms with van der Waals surface area (Å²) in [5.41, 5.74) is 8.34. The molecule has 0 spiro atoms. The molecule has 1 aromatic rings. The zero-order chi connectivity index (χ0) is 18.1. The molecule has 142 valence electrons. The second kappa shape index (κ2) is 7.57. The Morgan fingerprint density at radius 1 is 1.08 bits per heavy atom. The second-order valence-electron chi connectivity index (χ2n) is 8.42. The van der Waals surface area contributed by atoms with Crippen molar-refractivity contribution < 1.29 is 9.90 Å². The summed E-state index contributed by atoms with van der Waals surface area (Å²) in [6.07, 6.45) is 6.85. The van der Waals surface area contributed by atoms with Gasteiger partial charge in [-0.15, -0.1) is 0 Å². The van der Waals surface area contributed by atoms with E-state index >= 15 is 0 Å². The minimum atomic E-state index is -0.195. The molecule has 0 aromatic heterocycles. The minimum Gasteiger partial charge on any atom is -0.393 e. The fraction of sp³-hybridized carbons (Fsp3) is 0.667. The third-order valence-electron chi connectivity index (χ3n) is 6.75. The van der Waals surface area contributed by atoms with Crippen LogP contribution in [0.1, 0.15) is 44.9 Å². The van der Waals surface area contributed by atoms with Crippen LogP contribution < -0.4 is 16.0 Å². The summed E-state index contributed by atoms with van der Waals surface area (Å²) < 4.78 is 0. The highest BCUT2D eigenvalue weighted by atomic mass is 16.3. The summed E-state index contributed by atoms with van der Waals surface area (Å²) in [5, 5.41) is 13.0. The molecule has 1 saturated heterocycles. The van der Waals surface area contributed by atoms with Gasteiger partial charge in [0.1, 0.15) is 0 Å². The lowest BCUT2D eigenvalue weighted by Gasteiger charge is -2.43. The molecular formula is C21H31N3O2. The predicted octanol–water partition coefficient (Wildman–Crippen LogP) is 2.74. The van der Waals surface area contributed by atoms with Gasteiger partial charge in [-0.2, -0.15) is 0 Å². The van der Waals surface area contributed by atoms with Crippen molar-refractivity contribution in [1.29, 1.82) is 0 Å². The van der Waals surface area contributed by atoms with Crippen LogP contribution in [0.5, 0.6) is 0 Å². The monoisotopic (exact) mass is 357 g/mol. The van der Waals surface area contributed by atoms with E-state index in [0.29, 0.717) is 17.9 Å². The molecule has 3 fully saturated rings. The maximum atomic E-state index is 13.0. The summed E-state index contributed by atoms with van der Waals surface area (Å²) in [7, 11) is 0. The highest BCUT2D eigenvalue weighted by Gasteiger charge is 2.40. The Morgan fingerprint density at radius 2 is 1.73 bits per heavy atom. The largest absolute Gasteiger partial charge is 0.393 e. The van der Waals surface area contributed by atoms with E-state index in [-0.39, 0.29) is 17.9 Å². The molecule has 2 aliphatic carbocycles. The van der Waals surface area contributed by atoms with Crippen LogP contribution in [0, 0.1) is 17.8 Å². The van der Waals surface area contributed by atoms with E-state index in [4.69, 9.17) is 5.73 Å². The lowest BCUT2D eigenvalue weighted by Crippen LogP contribution is -2.48. The smallest absolute Gasteiger partial charge is 0.227 e. The number of hydrogen-bond donors (Lipinski definition) is 3. The molecule has 1 aliphatic heterocycles. The van der Waals surface area contributed by atoms with Crippen molar-refractivity contribution in [3.8, 4) is 0 Å². The summed E-state index contributed by atoms with van der Waals surface area (Å²) in [6.45, 7) is 1.66. The van der Waals surface area contributed by atoms with E-state index in [1.807, 2.05) is 18.2 Å². The Bertz CT molecular complexity index is 628. The first kappa shape index (κ1) is 17.8. The van der Waals surface area contributed by atoms with Crippen molar-refractivity contribution in [1.82, 2.24) is 0 Å². The molecule has 1 aromatic carbocycles. The molecule has 2 saturated carbocycles. The lowest BCUT2D eigenvalue weighted by atomic mass is 9.65. The number of anilines is 2. The van der Waals surface area contributed by atoms with Gasteiger partial charge in [-0.1, -0.05) is 18.6 Å². The average Bonchev–Trinajstić information content (AvgIpc) is 2.63. The zero-order valence-corrected chi connectivity index (χ0v) is 15.4. The molecule has 26 heavy (non-hydrogen) atoms. The van der Waals surface area contributed by atoms with E-state index in [0.717, 1.165) is 50.1 Å². The van der Waals surface area contributed by atoms with Crippen LogP contribution in [0.3, 0.4) is 0 Å². The van der Waals surface area contributed by atoms with Crippen LogP contribution in [0.15, 0.2) is 24.3 Å². The SMILES string of the molecule is NC1C2CCCC1CC(C(=O)Nc1ccccc1N1CCC(O)CC1)C2. The van der Waals surface area contributed by atoms with Gasteiger partial charge in [0.2, 0.25) is 5.91 Å². The topological polar surface area (TPSA) is 78.6 Å². The Hall–Kier alpha value is -1.59. The van der Waals surface area contributed by atoms with Crippen molar-refractivity contribution in [2.24, 2.45) is 23.5 Å². The number of benzene rings is 1. The Balaban J connectivity index is 1.45. The predicted molar refractivity (Wildman–Crippen MR) is 104 cm³/mol. The van der Waals surface area contributed by atoms with E-state index in [9.17, 15) is 9.90 Å². The Kier molecular flexibility index (Phi) is 5.18. The van der Waals surface area contributed by atoms with Crippen molar-refractivity contribution in [3.05, 3.63) is 24.3 Å². The molecule has 2 bridgehead atoms. The summed E-state index contributed by atoms with van der Waals surface area (Å²) in [6, 6.07) is 8.34. The number of aliphatic hydroxyl groups excluding tert-OH is 1. The normalized spacial score (nSPS) is 32.3. The quantitative estimate of drug-likeness (QED) is 0.777. The molecule has 0 radical (unpaired) electrons. The molecule has 5 nitrogen and oxygen atoms in total. The highest BCUT2D eigenvalue weighted by Crippen LogP contribution is 2.42. The number of carbonyl (C=O) groups is 1. The fourth-order valence-corrected chi connectivity index (χ4v) is 5.20. The van der Waals surface area contributed by atoms with E-state index in [1.54, 1.807) is 0 Å². The van der Waals surface area contributed by atoms with Gasteiger partial charge in [0, 0.05) is 25.0 Å². The number of nitrogens with one attached hydrogen (secondary N) is 1. The van der Waals surface area contributed by atoms with Crippen LogP contribution in [0.2, 0.25) is 0 Å². The molecule has 1 amide bonds. The average molecular weight is 357 g/mol. The summed E-state index contributed by atoms with van der Waals surface area (Å²) >= 11 is 0. The number of rotatable bonds is 3. The van der Waals surface area contributed by atoms with Gasteiger partial charge in [-0.25, -0.2) is 0 Å². The molecule has 2 unspecified atom stereocenters. The lowest BCUT2D eigenvalue weighted by molar-refractivity contribution is -0.122. The first-order valence-electron chi connectivity index (χ1n) is 10.2. The summed E-state index contributed by atoms with van der Waals surface area (Å²) in [4.78, 5) is 15.3. The first-order chi connectivity index (χ1) is 12.6. The van der Waals surface area contributed by atoms with Gasteiger partial charge < -0.3 is 21.1 Å². The van der Waals surface area contributed by atoms with Crippen LogP contribution in [0.25, 0.3) is 0 Å². The maximum Gasteiger partial charge on any atom is 0.227 e. The van der Waals surface area contributed by atoms with Crippen molar-refractivity contribution in [2.45, 2.75) is 57.1 Å². The van der Waals surface area contributed by atoms with Gasteiger partial charge in [-0.05, 0) is 62.5 Å². The second-order valence-corrected chi connectivity index (χ2v) is 8.42. The molecule has 4 rings (SSSR count). The van der Waals surface area contributed by atoms with Crippen molar-refractivity contribution in [2.75, 3.05) is 23.3 Å². The zero-order valence-electron chi connectivity index (χ0n) is 15.4. The number of nitrogens with two attached hydrogens (primary N) is 1. The van der Waals surface area contributed by atoms with Gasteiger partial charge in [0.15, 0.2) is 0 Å². The van der Waals surface area contributed by atoms with Crippen molar-refractivity contribution >= 4 is 17.3 Å². The standard InChI is InChI=1S/C21H31N3O2/c22-20-14-4-3-5-15(20)13-16(12-14)21(26)23-18-6-1-2-7-19(18)24-10-8-17(25)9-11-24/h1-2,6-7,14-17,20,25H,3-5,8-13,22H2,(H,23,26). The highest BCUT2D eigenvalue weighted by molar-refractivity contribution is 5.96. The number of piperidine rings is 1.